The second-order valence-electron chi connectivity index (χ2n) is 8.19. The molecule has 0 unspecified atom stereocenters. The Labute approximate surface area is 207 Å². The molecule has 0 saturated heterocycles. The molecular formula is C25H34FN3O5S. The van der Waals surface area contributed by atoms with Crippen molar-refractivity contribution in [2.24, 2.45) is 0 Å². The maximum Gasteiger partial charge on any atom is 0.244 e. The average Bonchev–Trinajstić information content (AvgIpc) is 2.82. The van der Waals surface area contributed by atoms with Gasteiger partial charge in [0.05, 0.1) is 19.1 Å². The molecule has 2 amide bonds. The molecule has 2 rings (SSSR count). The van der Waals surface area contributed by atoms with Gasteiger partial charge in [-0.2, -0.15) is 0 Å². The highest BCUT2D eigenvalue weighted by molar-refractivity contribution is 7.92. The lowest BCUT2D eigenvalue weighted by Gasteiger charge is -2.33. The third kappa shape index (κ3) is 8.24. The minimum Gasteiger partial charge on any atom is -0.497 e. The summed E-state index contributed by atoms with van der Waals surface area (Å²) >= 11 is 0. The zero-order valence-electron chi connectivity index (χ0n) is 20.7. The number of anilines is 1. The van der Waals surface area contributed by atoms with Gasteiger partial charge in [-0.05, 0) is 54.8 Å². The number of ether oxygens (including phenoxy) is 1. The van der Waals surface area contributed by atoms with Crippen LogP contribution in [0.4, 0.5) is 10.1 Å². The van der Waals surface area contributed by atoms with E-state index in [1.807, 2.05) is 6.92 Å². The summed E-state index contributed by atoms with van der Waals surface area (Å²) < 4.78 is 44.7. The van der Waals surface area contributed by atoms with Crippen LogP contribution < -0.4 is 14.4 Å². The summed E-state index contributed by atoms with van der Waals surface area (Å²) in [6.07, 6.45) is 3.02. The van der Waals surface area contributed by atoms with Crippen molar-refractivity contribution in [1.29, 1.82) is 0 Å². The van der Waals surface area contributed by atoms with Crippen LogP contribution >= 0.6 is 0 Å². The Balaban J connectivity index is 2.40. The maximum atomic E-state index is 13.6. The molecule has 0 aromatic heterocycles. The highest BCUT2D eigenvalue weighted by atomic mass is 32.2. The minimum atomic E-state index is -3.87. The third-order valence-corrected chi connectivity index (χ3v) is 6.64. The smallest absolute Gasteiger partial charge is 0.244 e. The van der Waals surface area contributed by atoms with Crippen molar-refractivity contribution in [2.75, 3.05) is 30.8 Å². The van der Waals surface area contributed by atoms with Crippen LogP contribution in [0.3, 0.4) is 0 Å². The van der Waals surface area contributed by atoms with E-state index in [4.69, 9.17) is 4.74 Å². The number of halogens is 1. The normalized spacial score (nSPS) is 12.0. The summed E-state index contributed by atoms with van der Waals surface area (Å²) in [6.45, 7) is 3.84. The lowest BCUT2D eigenvalue weighted by atomic mass is 10.1. The Hall–Kier alpha value is -3.14. The Morgan fingerprint density at radius 3 is 2.37 bits per heavy atom. The van der Waals surface area contributed by atoms with Crippen molar-refractivity contribution < 1.29 is 27.1 Å². The molecule has 8 nitrogen and oxygen atoms in total. The second-order valence-corrected chi connectivity index (χ2v) is 10.1. The average molecular weight is 508 g/mol. The van der Waals surface area contributed by atoms with Crippen molar-refractivity contribution in [3.8, 4) is 5.75 Å². The molecule has 0 aliphatic rings. The quantitative estimate of drug-likeness (QED) is 0.420. The molecular weight excluding hydrogens is 473 g/mol. The van der Waals surface area contributed by atoms with Crippen LogP contribution in [0.5, 0.6) is 5.75 Å². The van der Waals surface area contributed by atoms with Crippen molar-refractivity contribution in [3.63, 3.8) is 0 Å². The topological polar surface area (TPSA) is 96.0 Å². The van der Waals surface area contributed by atoms with E-state index in [0.29, 0.717) is 18.7 Å². The van der Waals surface area contributed by atoms with Crippen LogP contribution in [0.2, 0.25) is 0 Å². The number of hydrogen-bond acceptors (Lipinski definition) is 5. The predicted molar refractivity (Wildman–Crippen MR) is 134 cm³/mol. The van der Waals surface area contributed by atoms with Crippen LogP contribution in [0.15, 0.2) is 48.5 Å². The molecule has 0 bridgehead atoms. The summed E-state index contributed by atoms with van der Waals surface area (Å²) in [6, 6.07) is 11.2. The number of methoxy groups -OCH3 is 1. The van der Waals surface area contributed by atoms with Gasteiger partial charge in [0, 0.05) is 13.1 Å². The molecule has 1 atom stereocenters. The van der Waals surface area contributed by atoms with Gasteiger partial charge in [0.2, 0.25) is 21.8 Å². The highest BCUT2D eigenvalue weighted by Crippen LogP contribution is 2.21. The first kappa shape index (κ1) is 28.1. The van der Waals surface area contributed by atoms with Gasteiger partial charge in [-0.25, -0.2) is 12.8 Å². The molecule has 0 fully saturated rings. The molecule has 35 heavy (non-hydrogen) atoms. The predicted octanol–water partition coefficient (Wildman–Crippen LogP) is 3.32. The molecule has 192 valence electrons. The Morgan fingerprint density at radius 1 is 1.11 bits per heavy atom. The lowest BCUT2D eigenvalue weighted by Crippen LogP contribution is -2.52. The molecule has 2 aromatic rings. The second kappa shape index (κ2) is 13.1. The van der Waals surface area contributed by atoms with Crippen molar-refractivity contribution in [2.45, 2.75) is 45.7 Å². The fraction of sp³-hybridized carbons (Fsp3) is 0.440. The molecule has 0 aliphatic heterocycles. The Kier molecular flexibility index (Phi) is 10.5. The highest BCUT2D eigenvalue weighted by Gasteiger charge is 2.31. The van der Waals surface area contributed by atoms with Crippen molar-refractivity contribution in [3.05, 3.63) is 59.9 Å². The molecule has 0 aliphatic carbocycles. The van der Waals surface area contributed by atoms with E-state index in [2.05, 4.69) is 5.32 Å². The largest absolute Gasteiger partial charge is 0.497 e. The number of amides is 2. The van der Waals surface area contributed by atoms with Crippen LogP contribution in [0.25, 0.3) is 0 Å². The SMILES string of the molecule is CCCCNC(=O)[C@H](CC)N(Cc1cccc(OC)c1)C(=O)CN(c1ccc(F)cc1)S(C)(=O)=O. The van der Waals surface area contributed by atoms with Gasteiger partial charge >= 0.3 is 0 Å². The summed E-state index contributed by atoms with van der Waals surface area (Å²) in [5.41, 5.74) is 0.884. The first-order valence-corrected chi connectivity index (χ1v) is 13.4. The van der Waals surface area contributed by atoms with Gasteiger partial charge in [0.25, 0.3) is 0 Å². The van der Waals surface area contributed by atoms with Crippen LogP contribution in [-0.4, -0.2) is 57.6 Å². The van der Waals surface area contributed by atoms with E-state index in [0.717, 1.165) is 41.1 Å². The summed E-state index contributed by atoms with van der Waals surface area (Å²) in [5, 5.41) is 2.87. The first-order chi connectivity index (χ1) is 16.6. The van der Waals surface area contributed by atoms with E-state index in [1.54, 1.807) is 31.2 Å². The molecule has 2 aromatic carbocycles. The number of rotatable bonds is 13. The summed E-state index contributed by atoms with van der Waals surface area (Å²) in [5.74, 6) is -0.785. The Bertz CT molecular complexity index is 1090. The monoisotopic (exact) mass is 507 g/mol. The van der Waals surface area contributed by atoms with Crippen molar-refractivity contribution in [1.82, 2.24) is 10.2 Å². The van der Waals surface area contributed by atoms with Gasteiger partial charge in [0.15, 0.2) is 0 Å². The van der Waals surface area contributed by atoms with Gasteiger partial charge in [-0.15, -0.1) is 0 Å². The first-order valence-electron chi connectivity index (χ1n) is 11.5. The number of nitrogens with one attached hydrogen (secondary N) is 1. The molecule has 0 heterocycles. The third-order valence-electron chi connectivity index (χ3n) is 5.50. The molecule has 1 N–H and O–H groups in total. The van der Waals surface area contributed by atoms with Crippen LogP contribution in [-0.2, 0) is 26.2 Å². The molecule has 0 spiro atoms. The maximum absolute atomic E-state index is 13.6. The van der Waals surface area contributed by atoms with Crippen LogP contribution in [0, 0.1) is 5.82 Å². The Morgan fingerprint density at radius 2 is 1.80 bits per heavy atom. The standard InChI is InChI=1S/C25H34FN3O5S/c1-5-7-15-27-25(31)23(6-2)28(17-19-9-8-10-22(16-19)34-3)24(30)18-29(35(4,32)33)21-13-11-20(26)12-14-21/h8-14,16,23H,5-7,15,17-18H2,1-4H3,(H,27,31)/t23-/m0/s1. The number of hydrogen-bond donors (Lipinski definition) is 1. The number of carbonyl (C=O) groups is 2. The number of unbranched alkanes of at least 4 members (excludes halogenated alkanes) is 1. The van der Waals surface area contributed by atoms with E-state index in [9.17, 15) is 22.4 Å². The van der Waals surface area contributed by atoms with E-state index < -0.39 is 34.3 Å². The number of nitrogens with zero attached hydrogens (tertiary/aromatic N) is 2. The van der Waals surface area contributed by atoms with Crippen molar-refractivity contribution >= 4 is 27.5 Å². The fourth-order valence-corrected chi connectivity index (χ4v) is 4.46. The minimum absolute atomic E-state index is 0.0801. The van der Waals surface area contributed by atoms with E-state index in [1.165, 1.54) is 24.1 Å². The number of benzene rings is 2. The summed E-state index contributed by atoms with van der Waals surface area (Å²) in [4.78, 5) is 28.0. The van der Waals surface area contributed by atoms with Gasteiger partial charge < -0.3 is 15.0 Å². The molecule has 10 heteroatoms. The van der Waals surface area contributed by atoms with Gasteiger partial charge in [-0.3, -0.25) is 13.9 Å². The summed E-state index contributed by atoms with van der Waals surface area (Å²) in [7, 11) is -2.34. The zero-order chi connectivity index (χ0) is 26.0. The molecule has 0 saturated carbocycles. The van der Waals surface area contributed by atoms with Gasteiger partial charge in [0.1, 0.15) is 24.2 Å². The van der Waals surface area contributed by atoms with E-state index >= 15 is 0 Å². The molecule has 0 radical (unpaired) electrons. The van der Waals surface area contributed by atoms with Gasteiger partial charge in [-0.1, -0.05) is 32.4 Å². The lowest BCUT2D eigenvalue weighted by molar-refractivity contribution is -0.140. The van der Waals surface area contributed by atoms with Crippen LogP contribution in [0.1, 0.15) is 38.7 Å². The fourth-order valence-electron chi connectivity index (χ4n) is 3.61. The number of carbonyl (C=O) groups excluding carboxylic acids is 2. The zero-order valence-corrected chi connectivity index (χ0v) is 21.5. The van der Waals surface area contributed by atoms with E-state index in [-0.39, 0.29) is 18.1 Å². The number of sulfonamides is 1.